The number of hydrogen-bond acceptors (Lipinski definition) is 2. The van der Waals surface area contributed by atoms with E-state index in [0.717, 1.165) is 18.5 Å². The average Bonchev–Trinajstić information content (AvgIpc) is 2.83. The van der Waals surface area contributed by atoms with Crippen LogP contribution >= 0.6 is 0 Å². The van der Waals surface area contributed by atoms with Crippen LogP contribution in [0.1, 0.15) is 42.0 Å². The standard InChI is InChI=1S/C9H11BN2O/c1-5(13)9-11-7(6-3-4-6)8(10)12(9)2/h6H,3-4H2,1-2H3. The molecule has 0 amide bonds. The molecule has 66 valence electrons. The van der Waals surface area contributed by atoms with Crippen molar-refractivity contribution in [3.05, 3.63) is 11.5 Å². The van der Waals surface area contributed by atoms with Crippen LogP contribution in [0.2, 0.25) is 0 Å². The van der Waals surface area contributed by atoms with Crippen LogP contribution in [0.3, 0.4) is 0 Å². The van der Waals surface area contributed by atoms with E-state index in [1.54, 1.807) is 11.6 Å². The fourth-order valence-corrected chi connectivity index (χ4v) is 1.50. The number of hydrogen-bond donors (Lipinski definition) is 0. The van der Waals surface area contributed by atoms with Gasteiger partial charge in [0.05, 0.1) is 5.69 Å². The summed E-state index contributed by atoms with van der Waals surface area (Å²) in [5, 5.41) is 0. The number of nitrogens with zero attached hydrogens (tertiary/aromatic N) is 2. The molecule has 1 aliphatic carbocycles. The maximum absolute atomic E-state index is 11.1. The molecule has 0 saturated heterocycles. The van der Waals surface area contributed by atoms with Gasteiger partial charge in [0.15, 0.2) is 11.6 Å². The molecule has 1 aromatic rings. The van der Waals surface area contributed by atoms with Gasteiger partial charge in [0.25, 0.3) is 0 Å². The summed E-state index contributed by atoms with van der Waals surface area (Å²) in [5.41, 5.74) is 1.56. The van der Waals surface area contributed by atoms with Gasteiger partial charge in [-0.2, -0.15) is 0 Å². The quantitative estimate of drug-likeness (QED) is 0.477. The molecule has 2 radical (unpaired) electrons. The zero-order valence-corrected chi connectivity index (χ0v) is 7.87. The molecule has 0 N–H and O–H groups in total. The Morgan fingerprint density at radius 2 is 2.23 bits per heavy atom. The molecule has 13 heavy (non-hydrogen) atoms. The van der Waals surface area contributed by atoms with Crippen molar-refractivity contribution in [2.24, 2.45) is 7.05 Å². The van der Waals surface area contributed by atoms with Crippen LogP contribution in [0.15, 0.2) is 0 Å². The Labute approximate surface area is 78.6 Å². The lowest BCUT2D eigenvalue weighted by Crippen LogP contribution is -2.19. The highest BCUT2D eigenvalue weighted by atomic mass is 16.1. The monoisotopic (exact) mass is 174 g/mol. The number of carbonyl (C=O) groups is 1. The van der Waals surface area contributed by atoms with E-state index in [9.17, 15) is 4.79 Å². The van der Waals surface area contributed by atoms with Crippen LogP contribution in [-0.4, -0.2) is 23.2 Å². The van der Waals surface area contributed by atoms with Crippen LogP contribution in [0.25, 0.3) is 0 Å². The number of Topliss-reactive ketones (excluding diaryl/α,β-unsaturated/α-hetero) is 1. The van der Waals surface area contributed by atoms with Crippen molar-refractivity contribution in [1.82, 2.24) is 9.55 Å². The van der Waals surface area contributed by atoms with E-state index in [-0.39, 0.29) is 5.78 Å². The molecule has 2 rings (SSSR count). The van der Waals surface area contributed by atoms with E-state index in [4.69, 9.17) is 7.85 Å². The van der Waals surface area contributed by atoms with Gasteiger partial charge in [-0.25, -0.2) is 4.98 Å². The summed E-state index contributed by atoms with van der Waals surface area (Å²) in [5.74, 6) is 0.944. The second-order valence-electron chi connectivity index (χ2n) is 3.60. The van der Waals surface area contributed by atoms with Gasteiger partial charge in [-0.05, 0) is 18.4 Å². The van der Waals surface area contributed by atoms with Gasteiger partial charge in [0.1, 0.15) is 7.85 Å². The predicted octanol–water partition coefficient (Wildman–Crippen LogP) is 0.294. The predicted molar refractivity (Wildman–Crippen MR) is 50.6 cm³/mol. The largest absolute Gasteiger partial charge is 0.339 e. The number of rotatable bonds is 2. The average molecular weight is 174 g/mol. The van der Waals surface area contributed by atoms with Crippen molar-refractivity contribution in [3.8, 4) is 0 Å². The van der Waals surface area contributed by atoms with Gasteiger partial charge in [0.2, 0.25) is 0 Å². The first kappa shape index (κ1) is 8.54. The van der Waals surface area contributed by atoms with E-state index in [1.807, 2.05) is 0 Å². The number of imidazole rings is 1. The molecule has 1 heterocycles. The van der Waals surface area contributed by atoms with Gasteiger partial charge in [0, 0.05) is 19.9 Å². The minimum atomic E-state index is -0.0268. The van der Waals surface area contributed by atoms with Crippen molar-refractivity contribution >= 4 is 19.2 Å². The van der Waals surface area contributed by atoms with E-state index >= 15 is 0 Å². The van der Waals surface area contributed by atoms with Crippen LogP contribution in [0.5, 0.6) is 0 Å². The lowest BCUT2D eigenvalue weighted by Gasteiger charge is -1.98. The summed E-state index contributed by atoms with van der Waals surface area (Å²) < 4.78 is 1.68. The third-order valence-electron chi connectivity index (χ3n) is 2.45. The summed E-state index contributed by atoms with van der Waals surface area (Å²) in [6.07, 6.45) is 2.30. The third kappa shape index (κ3) is 1.30. The Hall–Kier alpha value is -1.06. The molecule has 3 nitrogen and oxygen atoms in total. The molecular weight excluding hydrogens is 163 g/mol. The molecule has 4 heteroatoms. The van der Waals surface area contributed by atoms with Crippen molar-refractivity contribution in [2.75, 3.05) is 0 Å². The lowest BCUT2D eigenvalue weighted by molar-refractivity contribution is 0.100. The number of carbonyl (C=O) groups excluding carboxylic acids is 1. The van der Waals surface area contributed by atoms with Gasteiger partial charge >= 0.3 is 0 Å². The molecule has 1 aliphatic rings. The maximum Gasteiger partial charge on any atom is 0.195 e. The fourth-order valence-electron chi connectivity index (χ4n) is 1.50. The third-order valence-corrected chi connectivity index (χ3v) is 2.45. The molecule has 0 unspecified atom stereocenters. The Morgan fingerprint density at radius 3 is 2.62 bits per heavy atom. The topological polar surface area (TPSA) is 34.9 Å². The fraction of sp³-hybridized carbons (Fsp3) is 0.556. The first-order valence-corrected chi connectivity index (χ1v) is 4.44. The Balaban J connectivity index is 2.48. The van der Waals surface area contributed by atoms with Gasteiger partial charge in [-0.1, -0.05) is 0 Å². The highest BCUT2D eigenvalue weighted by Gasteiger charge is 2.29. The minimum absolute atomic E-state index is 0.0268. The smallest absolute Gasteiger partial charge is 0.195 e. The Morgan fingerprint density at radius 1 is 1.62 bits per heavy atom. The van der Waals surface area contributed by atoms with Crippen molar-refractivity contribution in [1.29, 1.82) is 0 Å². The zero-order valence-electron chi connectivity index (χ0n) is 7.87. The molecule has 0 aliphatic heterocycles. The van der Waals surface area contributed by atoms with Gasteiger partial charge in [-0.3, -0.25) is 4.79 Å². The lowest BCUT2D eigenvalue weighted by atomic mass is 10.00. The van der Waals surface area contributed by atoms with Crippen LogP contribution in [0, 0.1) is 0 Å². The van der Waals surface area contributed by atoms with Crippen molar-refractivity contribution in [3.63, 3.8) is 0 Å². The Bertz CT molecular complexity index is 366. The van der Waals surface area contributed by atoms with Crippen molar-refractivity contribution in [2.45, 2.75) is 25.7 Å². The number of ketones is 1. The normalized spacial score (nSPS) is 16.2. The number of aromatic nitrogens is 2. The van der Waals surface area contributed by atoms with Crippen LogP contribution in [0.4, 0.5) is 0 Å². The van der Waals surface area contributed by atoms with Crippen LogP contribution in [-0.2, 0) is 7.05 Å². The summed E-state index contributed by atoms with van der Waals surface area (Å²) in [6.45, 7) is 1.51. The molecular formula is C9H11BN2O. The van der Waals surface area contributed by atoms with Gasteiger partial charge in [-0.15, -0.1) is 0 Å². The highest BCUT2D eigenvalue weighted by Crippen LogP contribution is 2.38. The van der Waals surface area contributed by atoms with E-state index in [0.29, 0.717) is 17.3 Å². The minimum Gasteiger partial charge on any atom is -0.339 e. The summed E-state index contributed by atoms with van der Waals surface area (Å²) in [6, 6.07) is 0. The molecule has 0 spiro atoms. The second kappa shape index (κ2) is 2.72. The summed E-state index contributed by atoms with van der Waals surface area (Å²) in [4.78, 5) is 15.4. The van der Waals surface area contributed by atoms with Crippen molar-refractivity contribution < 1.29 is 4.79 Å². The first-order chi connectivity index (χ1) is 6.11. The first-order valence-electron chi connectivity index (χ1n) is 4.44. The molecule has 1 aromatic heterocycles. The van der Waals surface area contributed by atoms with Gasteiger partial charge < -0.3 is 4.57 Å². The molecule has 0 bridgehead atoms. The zero-order chi connectivity index (χ0) is 9.59. The molecule has 0 aromatic carbocycles. The maximum atomic E-state index is 11.1. The highest BCUT2D eigenvalue weighted by molar-refractivity contribution is 6.32. The molecule has 1 saturated carbocycles. The van der Waals surface area contributed by atoms with Crippen LogP contribution < -0.4 is 5.59 Å². The Kier molecular flexibility index (Phi) is 1.79. The van der Waals surface area contributed by atoms with E-state index < -0.39 is 0 Å². The summed E-state index contributed by atoms with van der Waals surface area (Å²) in [7, 11) is 7.61. The van der Waals surface area contributed by atoms with E-state index in [2.05, 4.69) is 4.98 Å². The molecule has 1 fully saturated rings. The second-order valence-corrected chi connectivity index (χ2v) is 3.60. The summed E-state index contributed by atoms with van der Waals surface area (Å²) >= 11 is 0. The SMILES string of the molecule is [B]c1c(C2CC2)nc(C(C)=O)n1C. The van der Waals surface area contributed by atoms with E-state index in [1.165, 1.54) is 6.92 Å². The molecule has 0 atom stereocenters.